The van der Waals surface area contributed by atoms with Gasteiger partial charge in [0.1, 0.15) is 12.2 Å². The molecule has 0 aliphatic carbocycles. The Morgan fingerprint density at radius 1 is 0.649 bits per heavy atom. The first-order valence-corrected chi connectivity index (χ1v) is 12.8. The summed E-state index contributed by atoms with van der Waals surface area (Å²) in [6, 6.07) is 29.4. The van der Waals surface area contributed by atoms with E-state index in [1.807, 2.05) is 112 Å². The highest BCUT2D eigenvalue weighted by Crippen LogP contribution is 2.15. The van der Waals surface area contributed by atoms with Gasteiger partial charge in [-0.1, -0.05) is 91.0 Å². The molecule has 2 unspecified atom stereocenters. The van der Waals surface area contributed by atoms with Crippen molar-refractivity contribution in [2.45, 2.75) is 70.7 Å². The lowest BCUT2D eigenvalue weighted by Gasteiger charge is -2.26. The number of hydrogen-bond acceptors (Lipinski definition) is 4. The van der Waals surface area contributed by atoms with E-state index >= 15 is 0 Å². The Bertz CT molecular complexity index is 1080. The predicted molar refractivity (Wildman–Crippen MR) is 146 cm³/mol. The molecule has 0 aliphatic heterocycles. The average molecular weight is 503 g/mol. The van der Waals surface area contributed by atoms with Crippen LogP contribution in [0.5, 0.6) is 0 Å². The predicted octanol–water partition coefficient (Wildman–Crippen LogP) is 6.44. The minimum atomic E-state index is -0.582. The standard InChI is InChI=1S/C31H38N2O4/c1-31(2,3)37-30(35)33-28(22-25-15-9-5-10-16-25)20-19-27(21-24-13-7-4-8-14-24)32-29(34)36-23-26-17-11-6-12-18-26/h4-18,27-28H,19-23H2,1-3H3,(H,32,34)(H,33,35). The van der Waals surface area contributed by atoms with E-state index in [0.717, 1.165) is 16.7 Å². The van der Waals surface area contributed by atoms with E-state index in [9.17, 15) is 9.59 Å². The van der Waals surface area contributed by atoms with Gasteiger partial charge in [-0.25, -0.2) is 9.59 Å². The van der Waals surface area contributed by atoms with Crippen LogP contribution in [0.3, 0.4) is 0 Å². The Morgan fingerprint density at radius 2 is 1.05 bits per heavy atom. The fourth-order valence-corrected chi connectivity index (χ4v) is 4.06. The maximum Gasteiger partial charge on any atom is 0.407 e. The highest BCUT2D eigenvalue weighted by molar-refractivity contribution is 5.68. The largest absolute Gasteiger partial charge is 0.445 e. The molecular formula is C31H38N2O4. The number of nitrogens with one attached hydrogen (secondary N) is 2. The molecule has 3 rings (SSSR count). The van der Waals surface area contributed by atoms with Gasteiger partial charge >= 0.3 is 12.2 Å². The summed E-state index contributed by atoms with van der Waals surface area (Å²) >= 11 is 0. The van der Waals surface area contributed by atoms with Gasteiger partial charge in [-0.15, -0.1) is 0 Å². The Balaban J connectivity index is 1.66. The lowest BCUT2D eigenvalue weighted by Crippen LogP contribution is -2.42. The van der Waals surface area contributed by atoms with Gasteiger partial charge in [0.25, 0.3) is 0 Å². The van der Waals surface area contributed by atoms with Gasteiger partial charge < -0.3 is 20.1 Å². The summed E-state index contributed by atoms with van der Waals surface area (Å²) < 4.78 is 11.0. The summed E-state index contributed by atoms with van der Waals surface area (Å²) in [5.74, 6) is 0. The van der Waals surface area contributed by atoms with Crippen molar-refractivity contribution in [3.8, 4) is 0 Å². The van der Waals surface area contributed by atoms with E-state index in [1.54, 1.807) is 0 Å². The van der Waals surface area contributed by atoms with Gasteiger partial charge in [0, 0.05) is 12.1 Å². The van der Waals surface area contributed by atoms with E-state index in [1.165, 1.54) is 0 Å². The number of rotatable bonds is 11. The van der Waals surface area contributed by atoms with Crippen LogP contribution < -0.4 is 10.6 Å². The first kappa shape index (κ1) is 27.8. The molecule has 0 spiro atoms. The monoisotopic (exact) mass is 502 g/mol. The maximum absolute atomic E-state index is 12.7. The van der Waals surface area contributed by atoms with Crippen molar-refractivity contribution in [1.29, 1.82) is 0 Å². The van der Waals surface area contributed by atoms with E-state index in [2.05, 4.69) is 10.6 Å². The van der Waals surface area contributed by atoms with Gasteiger partial charge in [0.05, 0.1) is 0 Å². The molecule has 0 saturated carbocycles. The molecule has 6 heteroatoms. The first-order chi connectivity index (χ1) is 17.8. The molecule has 0 saturated heterocycles. The van der Waals surface area contributed by atoms with Crippen LogP contribution in [0.25, 0.3) is 0 Å². The second-order valence-corrected chi connectivity index (χ2v) is 10.2. The Kier molecular flexibility index (Phi) is 10.6. The van der Waals surface area contributed by atoms with Crippen molar-refractivity contribution in [1.82, 2.24) is 10.6 Å². The average Bonchev–Trinajstić information content (AvgIpc) is 2.86. The lowest BCUT2D eigenvalue weighted by atomic mass is 9.96. The lowest BCUT2D eigenvalue weighted by molar-refractivity contribution is 0.0499. The van der Waals surface area contributed by atoms with Crippen molar-refractivity contribution < 1.29 is 19.1 Å². The van der Waals surface area contributed by atoms with Crippen molar-refractivity contribution in [2.24, 2.45) is 0 Å². The third kappa shape index (κ3) is 11.2. The number of alkyl carbamates (subject to hydrolysis) is 2. The van der Waals surface area contributed by atoms with Crippen LogP contribution in [0.4, 0.5) is 9.59 Å². The van der Waals surface area contributed by atoms with E-state index in [0.29, 0.717) is 25.7 Å². The van der Waals surface area contributed by atoms with Crippen molar-refractivity contribution in [3.63, 3.8) is 0 Å². The third-order valence-corrected chi connectivity index (χ3v) is 5.77. The van der Waals surface area contributed by atoms with E-state index in [-0.39, 0.29) is 18.7 Å². The third-order valence-electron chi connectivity index (χ3n) is 5.77. The fourth-order valence-electron chi connectivity index (χ4n) is 4.06. The molecule has 0 radical (unpaired) electrons. The molecule has 0 aromatic heterocycles. The van der Waals surface area contributed by atoms with Gasteiger partial charge in [0.15, 0.2) is 0 Å². The van der Waals surface area contributed by atoms with E-state index in [4.69, 9.17) is 9.47 Å². The van der Waals surface area contributed by atoms with Crippen LogP contribution in [-0.2, 0) is 28.9 Å². The van der Waals surface area contributed by atoms with Gasteiger partial charge in [-0.05, 0) is 63.1 Å². The molecule has 0 aliphatic rings. The highest BCUT2D eigenvalue weighted by atomic mass is 16.6. The summed E-state index contributed by atoms with van der Waals surface area (Å²) in [5, 5.41) is 6.08. The normalized spacial score (nSPS) is 12.7. The van der Waals surface area contributed by atoms with Crippen LogP contribution in [0.1, 0.15) is 50.3 Å². The van der Waals surface area contributed by atoms with Gasteiger partial charge in [0.2, 0.25) is 0 Å². The molecule has 0 fully saturated rings. The minimum Gasteiger partial charge on any atom is -0.445 e. The summed E-state index contributed by atoms with van der Waals surface area (Å²) in [6.45, 7) is 5.75. The number of amides is 2. The number of hydrogen-bond donors (Lipinski definition) is 2. The Labute approximate surface area is 220 Å². The van der Waals surface area contributed by atoms with Crippen molar-refractivity contribution >= 4 is 12.2 Å². The number of benzene rings is 3. The van der Waals surface area contributed by atoms with Crippen LogP contribution in [0.2, 0.25) is 0 Å². The molecule has 196 valence electrons. The van der Waals surface area contributed by atoms with Crippen LogP contribution in [0, 0.1) is 0 Å². The van der Waals surface area contributed by atoms with Crippen LogP contribution in [-0.4, -0.2) is 29.9 Å². The molecule has 2 N–H and O–H groups in total. The minimum absolute atomic E-state index is 0.155. The smallest absolute Gasteiger partial charge is 0.407 e. The molecule has 0 heterocycles. The summed E-state index contributed by atoms with van der Waals surface area (Å²) in [4.78, 5) is 25.2. The summed E-state index contributed by atoms with van der Waals surface area (Å²) in [6.07, 6.45) is 1.74. The molecule has 2 atom stereocenters. The Hall–Kier alpha value is -3.80. The van der Waals surface area contributed by atoms with Crippen LogP contribution >= 0.6 is 0 Å². The zero-order valence-electron chi connectivity index (χ0n) is 22.0. The Morgan fingerprint density at radius 3 is 1.49 bits per heavy atom. The van der Waals surface area contributed by atoms with Crippen molar-refractivity contribution in [2.75, 3.05) is 0 Å². The summed E-state index contributed by atoms with van der Waals surface area (Å²) in [7, 11) is 0. The molecular weight excluding hydrogens is 464 g/mol. The zero-order valence-corrected chi connectivity index (χ0v) is 22.0. The van der Waals surface area contributed by atoms with Gasteiger partial charge in [-0.2, -0.15) is 0 Å². The fraction of sp³-hybridized carbons (Fsp3) is 0.355. The zero-order chi connectivity index (χ0) is 26.5. The molecule has 3 aromatic carbocycles. The molecule has 3 aromatic rings. The summed E-state index contributed by atoms with van der Waals surface area (Å²) in [5.41, 5.74) is 2.59. The number of ether oxygens (including phenoxy) is 2. The van der Waals surface area contributed by atoms with E-state index < -0.39 is 17.8 Å². The quantitative estimate of drug-likeness (QED) is 0.316. The SMILES string of the molecule is CC(C)(C)OC(=O)NC(CCC(Cc1ccccc1)NC(=O)OCc1ccccc1)Cc1ccccc1. The molecule has 0 bridgehead atoms. The van der Waals surface area contributed by atoms with Crippen molar-refractivity contribution in [3.05, 3.63) is 108 Å². The first-order valence-electron chi connectivity index (χ1n) is 12.8. The van der Waals surface area contributed by atoms with Gasteiger partial charge in [-0.3, -0.25) is 0 Å². The number of carbonyl (C=O) groups is 2. The molecule has 6 nitrogen and oxygen atoms in total. The maximum atomic E-state index is 12.7. The second kappa shape index (κ2) is 14.1. The number of carbonyl (C=O) groups excluding carboxylic acids is 2. The molecule has 2 amide bonds. The second-order valence-electron chi connectivity index (χ2n) is 10.2. The highest BCUT2D eigenvalue weighted by Gasteiger charge is 2.22. The molecule has 37 heavy (non-hydrogen) atoms. The topological polar surface area (TPSA) is 76.7 Å². The van der Waals surface area contributed by atoms with Crippen LogP contribution in [0.15, 0.2) is 91.0 Å².